The number of halogens is 1. The first-order valence-corrected chi connectivity index (χ1v) is 4.78. The summed E-state index contributed by atoms with van der Waals surface area (Å²) in [6.07, 6.45) is -0.124. The average Bonchev–Trinajstić information content (AvgIpc) is 2.20. The summed E-state index contributed by atoms with van der Waals surface area (Å²) in [6, 6.07) is 7.50. The van der Waals surface area contributed by atoms with Crippen molar-refractivity contribution in [1.82, 2.24) is 5.32 Å². The van der Waals surface area contributed by atoms with Gasteiger partial charge in [-0.3, -0.25) is 4.79 Å². The van der Waals surface area contributed by atoms with E-state index in [0.29, 0.717) is 11.6 Å². The fourth-order valence-electron chi connectivity index (χ4n) is 1.43. The van der Waals surface area contributed by atoms with Crippen molar-refractivity contribution in [3.8, 4) is 0 Å². The van der Waals surface area contributed by atoms with E-state index in [9.17, 15) is 4.79 Å². The highest BCUT2D eigenvalue weighted by atomic mass is 35.5. The van der Waals surface area contributed by atoms with Crippen LogP contribution in [0.5, 0.6) is 0 Å². The van der Waals surface area contributed by atoms with E-state index in [4.69, 9.17) is 16.3 Å². The lowest BCUT2D eigenvalue weighted by atomic mass is 10.1. The fraction of sp³-hybridized carbons (Fsp3) is 0.300. The minimum Gasteiger partial charge on any atom is -0.362 e. The third-order valence-electron chi connectivity index (χ3n) is 2.15. The third-order valence-corrected chi connectivity index (χ3v) is 2.50. The molecule has 1 fully saturated rings. The molecule has 1 heterocycles. The summed E-state index contributed by atoms with van der Waals surface area (Å²) in [7, 11) is 0. The van der Waals surface area contributed by atoms with Crippen molar-refractivity contribution < 1.29 is 9.53 Å². The SMILES string of the molecule is O=C1CO[C@H](c2ccccc2Cl)CN1. The van der Waals surface area contributed by atoms with Gasteiger partial charge in [0.25, 0.3) is 0 Å². The Hall–Kier alpha value is -1.06. The Morgan fingerprint density at radius 2 is 2.21 bits per heavy atom. The minimum atomic E-state index is -0.124. The van der Waals surface area contributed by atoms with Gasteiger partial charge in [-0.15, -0.1) is 0 Å². The van der Waals surface area contributed by atoms with Crippen molar-refractivity contribution in [1.29, 1.82) is 0 Å². The third kappa shape index (κ3) is 1.89. The van der Waals surface area contributed by atoms with Crippen molar-refractivity contribution in [2.45, 2.75) is 6.10 Å². The molecule has 74 valence electrons. The van der Waals surface area contributed by atoms with Crippen molar-refractivity contribution in [3.63, 3.8) is 0 Å². The predicted octanol–water partition coefficient (Wildman–Crippen LogP) is 1.53. The van der Waals surface area contributed by atoms with Crippen LogP contribution in [0.4, 0.5) is 0 Å². The molecule has 4 heteroatoms. The lowest BCUT2D eigenvalue weighted by molar-refractivity contribution is -0.133. The molecular formula is C10H10ClNO2. The normalized spacial score (nSPS) is 21.8. The Bertz CT molecular complexity index is 344. The summed E-state index contributed by atoms with van der Waals surface area (Å²) in [4.78, 5) is 10.9. The van der Waals surface area contributed by atoms with Gasteiger partial charge in [-0.05, 0) is 6.07 Å². The van der Waals surface area contributed by atoms with Crippen LogP contribution in [0.15, 0.2) is 24.3 Å². The van der Waals surface area contributed by atoms with E-state index in [2.05, 4.69) is 5.32 Å². The maximum absolute atomic E-state index is 10.9. The molecule has 0 saturated carbocycles. The fourth-order valence-corrected chi connectivity index (χ4v) is 1.69. The maximum atomic E-state index is 10.9. The summed E-state index contributed by atoms with van der Waals surface area (Å²) in [6.45, 7) is 0.596. The smallest absolute Gasteiger partial charge is 0.246 e. The van der Waals surface area contributed by atoms with Crippen LogP contribution < -0.4 is 5.32 Å². The highest BCUT2D eigenvalue weighted by Gasteiger charge is 2.21. The van der Waals surface area contributed by atoms with Crippen LogP contribution in [-0.4, -0.2) is 19.1 Å². The monoisotopic (exact) mass is 211 g/mol. The second-order valence-electron chi connectivity index (χ2n) is 3.13. The highest BCUT2D eigenvalue weighted by molar-refractivity contribution is 6.31. The number of rotatable bonds is 1. The largest absolute Gasteiger partial charge is 0.362 e. The second-order valence-corrected chi connectivity index (χ2v) is 3.53. The van der Waals surface area contributed by atoms with E-state index in [0.717, 1.165) is 5.56 Å². The Balaban J connectivity index is 2.16. The first-order valence-electron chi connectivity index (χ1n) is 4.40. The van der Waals surface area contributed by atoms with Crippen LogP contribution in [0, 0.1) is 0 Å². The maximum Gasteiger partial charge on any atom is 0.246 e. The van der Waals surface area contributed by atoms with Crippen molar-refractivity contribution in [3.05, 3.63) is 34.9 Å². The topological polar surface area (TPSA) is 38.3 Å². The first-order chi connectivity index (χ1) is 6.77. The molecule has 0 bridgehead atoms. The molecule has 0 aliphatic carbocycles. The first kappa shape index (κ1) is 9.49. The molecule has 1 aliphatic rings. The predicted molar refractivity (Wildman–Crippen MR) is 53.2 cm³/mol. The van der Waals surface area contributed by atoms with Gasteiger partial charge in [0.1, 0.15) is 12.7 Å². The van der Waals surface area contributed by atoms with Gasteiger partial charge in [0.15, 0.2) is 0 Å². The van der Waals surface area contributed by atoms with Crippen molar-refractivity contribution in [2.24, 2.45) is 0 Å². The van der Waals surface area contributed by atoms with Crippen LogP contribution in [-0.2, 0) is 9.53 Å². The lowest BCUT2D eigenvalue weighted by Gasteiger charge is -2.24. The van der Waals surface area contributed by atoms with Gasteiger partial charge in [-0.2, -0.15) is 0 Å². The van der Waals surface area contributed by atoms with Crippen LogP contribution in [0.3, 0.4) is 0 Å². The zero-order valence-electron chi connectivity index (χ0n) is 7.50. The summed E-state index contributed by atoms with van der Waals surface area (Å²) < 4.78 is 5.36. The van der Waals surface area contributed by atoms with Crippen LogP contribution in [0.25, 0.3) is 0 Å². The second kappa shape index (κ2) is 3.98. The van der Waals surface area contributed by atoms with Crippen molar-refractivity contribution in [2.75, 3.05) is 13.2 Å². The van der Waals surface area contributed by atoms with E-state index in [1.165, 1.54) is 0 Å². The lowest BCUT2D eigenvalue weighted by Crippen LogP contribution is -2.38. The molecule has 1 amide bonds. The Morgan fingerprint density at radius 3 is 2.86 bits per heavy atom. The number of nitrogens with one attached hydrogen (secondary N) is 1. The molecule has 0 unspecified atom stereocenters. The molecular weight excluding hydrogens is 202 g/mol. The number of carbonyl (C=O) groups excluding carboxylic acids is 1. The summed E-state index contributed by atoms with van der Waals surface area (Å²) in [5.74, 6) is -0.0756. The van der Waals surface area contributed by atoms with Crippen LogP contribution in [0.2, 0.25) is 5.02 Å². The molecule has 0 spiro atoms. The van der Waals surface area contributed by atoms with Crippen LogP contribution >= 0.6 is 11.6 Å². The number of ether oxygens (including phenoxy) is 1. The van der Waals surface area contributed by atoms with Gasteiger partial charge in [0, 0.05) is 17.1 Å². The molecule has 1 N–H and O–H groups in total. The van der Waals surface area contributed by atoms with Crippen LogP contribution in [0.1, 0.15) is 11.7 Å². The number of hydrogen-bond donors (Lipinski definition) is 1. The molecule has 1 aliphatic heterocycles. The van der Waals surface area contributed by atoms with Gasteiger partial charge in [0.2, 0.25) is 5.91 Å². The Kier molecular flexibility index (Phi) is 2.70. The molecule has 0 aromatic heterocycles. The zero-order valence-corrected chi connectivity index (χ0v) is 8.25. The highest BCUT2D eigenvalue weighted by Crippen LogP contribution is 2.25. The van der Waals surface area contributed by atoms with Gasteiger partial charge in [-0.25, -0.2) is 0 Å². The van der Waals surface area contributed by atoms with Gasteiger partial charge >= 0.3 is 0 Å². The van der Waals surface area contributed by atoms with E-state index in [1.54, 1.807) is 0 Å². The average molecular weight is 212 g/mol. The van der Waals surface area contributed by atoms with Gasteiger partial charge < -0.3 is 10.1 Å². The standard InChI is InChI=1S/C10H10ClNO2/c11-8-4-2-1-3-7(8)9-5-12-10(13)6-14-9/h1-4,9H,5-6H2,(H,12,13)/t9-/m0/s1. The zero-order chi connectivity index (χ0) is 9.97. The van der Waals surface area contributed by atoms with E-state index < -0.39 is 0 Å². The molecule has 3 nitrogen and oxygen atoms in total. The summed E-state index contributed by atoms with van der Waals surface area (Å²) in [5, 5.41) is 3.41. The van der Waals surface area contributed by atoms with E-state index in [1.807, 2.05) is 24.3 Å². The number of hydrogen-bond acceptors (Lipinski definition) is 2. The summed E-state index contributed by atoms with van der Waals surface area (Å²) >= 11 is 6.00. The molecule has 14 heavy (non-hydrogen) atoms. The molecule has 1 aromatic carbocycles. The minimum absolute atomic E-state index is 0.0756. The van der Waals surface area contributed by atoms with Gasteiger partial charge in [-0.1, -0.05) is 29.8 Å². The number of amides is 1. The van der Waals surface area contributed by atoms with Crippen molar-refractivity contribution >= 4 is 17.5 Å². The summed E-state index contributed by atoms with van der Waals surface area (Å²) in [5.41, 5.74) is 0.925. The molecule has 1 aromatic rings. The van der Waals surface area contributed by atoms with E-state index in [-0.39, 0.29) is 18.6 Å². The number of benzene rings is 1. The van der Waals surface area contributed by atoms with E-state index >= 15 is 0 Å². The van der Waals surface area contributed by atoms with Gasteiger partial charge in [0.05, 0.1) is 0 Å². The Labute approximate surface area is 87.0 Å². The number of morpholine rings is 1. The Morgan fingerprint density at radius 1 is 1.43 bits per heavy atom. The quantitative estimate of drug-likeness (QED) is 0.765. The molecule has 1 atom stereocenters. The molecule has 2 rings (SSSR count). The number of carbonyl (C=O) groups is 1. The molecule has 1 saturated heterocycles. The molecule has 0 radical (unpaired) electrons.